The average Bonchev–Trinajstić information content (AvgIpc) is 2.32. The molecule has 0 atom stereocenters. The largest absolute Gasteiger partial charge is 0.0683 e. The quantitative estimate of drug-likeness (QED) is 0.650. The molecule has 2 aromatic carbocycles. The minimum absolute atomic E-state index is 1.12. The van der Waals surface area contributed by atoms with Crippen molar-refractivity contribution in [2.24, 2.45) is 0 Å². The molecule has 0 spiro atoms. The van der Waals surface area contributed by atoms with Crippen LogP contribution in [0.5, 0.6) is 0 Å². The second-order valence-electron chi connectivity index (χ2n) is 3.38. The summed E-state index contributed by atoms with van der Waals surface area (Å²) in [5.74, 6) is 0. The van der Waals surface area contributed by atoms with Crippen molar-refractivity contribution in [3.05, 3.63) is 58.6 Å². The van der Waals surface area contributed by atoms with Gasteiger partial charge >= 0.3 is 0 Å². The molecule has 0 aromatic heterocycles. The van der Waals surface area contributed by atoms with Gasteiger partial charge in [0.1, 0.15) is 0 Å². The third kappa shape index (κ3) is 3.49. The summed E-state index contributed by atoms with van der Waals surface area (Å²) in [4.78, 5) is 0. The highest BCUT2D eigenvalue weighted by atomic mass is 79.9. The fraction of sp³-hybridized carbons (Fsp3) is 0.200. The molecule has 0 fully saturated rings. The molecule has 0 saturated carbocycles. The zero-order valence-corrected chi connectivity index (χ0v) is 11.6. The Morgan fingerprint density at radius 2 is 1.44 bits per heavy atom. The third-order valence-corrected chi connectivity index (χ3v) is 2.72. The molecular formula is C15H17Br. The van der Waals surface area contributed by atoms with Crippen LogP contribution in [-0.4, -0.2) is 0 Å². The van der Waals surface area contributed by atoms with E-state index in [9.17, 15) is 0 Å². The lowest BCUT2D eigenvalue weighted by atomic mass is 10.0. The monoisotopic (exact) mass is 276 g/mol. The first-order valence-electron chi connectivity index (χ1n) is 5.58. The first-order valence-corrected chi connectivity index (χ1v) is 6.37. The molecule has 0 bridgehead atoms. The van der Waals surface area contributed by atoms with Gasteiger partial charge in [-0.2, -0.15) is 0 Å². The summed E-state index contributed by atoms with van der Waals surface area (Å²) in [6, 6.07) is 16.9. The molecule has 0 N–H and O–H groups in total. The lowest BCUT2D eigenvalue weighted by Crippen LogP contribution is -1.78. The second kappa shape index (κ2) is 6.49. The Labute approximate surface area is 106 Å². The fourth-order valence-corrected chi connectivity index (χ4v) is 1.73. The van der Waals surface area contributed by atoms with Crippen molar-refractivity contribution in [1.82, 2.24) is 0 Å². The highest BCUT2D eigenvalue weighted by molar-refractivity contribution is 9.10. The van der Waals surface area contributed by atoms with Crippen LogP contribution in [0.15, 0.2) is 53.0 Å². The van der Waals surface area contributed by atoms with Crippen molar-refractivity contribution in [3.8, 4) is 11.1 Å². The van der Waals surface area contributed by atoms with Crippen LogP contribution < -0.4 is 0 Å². The molecule has 1 heteroatoms. The predicted octanol–water partition coefficient (Wildman–Crippen LogP) is 5.45. The molecule has 2 aromatic rings. The van der Waals surface area contributed by atoms with Gasteiger partial charge in [0.05, 0.1) is 0 Å². The second-order valence-corrected chi connectivity index (χ2v) is 4.29. The molecule has 0 heterocycles. The van der Waals surface area contributed by atoms with E-state index in [1.807, 2.05) is 13.8 Å². The van der Waals surface area contributed by atoms with E-state index in [0.29, 0.717) is 0 Å². The number of halogens is 1. The Bertz CT molecular complexity index is 429. The average molecular weight is 277 g/mol. The molecular weight excluding hydrogens is 260 g/mol. The number of benzene rings is 2. The number of aryl methyl sites for hydroxylation is 1. The standard InChI is InChI=1S/C13H11Br.C2H6/c1-10-3-2-4-12(9-10)11-5-7-13(14)8-6-11;1-2/h2-9H,1H3;1-2H3. The minimum atomic E-state index is 1.12. The van der Waals surface area contributed by atoms with Crippen molar-refractivity contribution < 1.29 is 0 Å². The first kappa shape index (κ1) is 13.0. The molecule has 2 rings (SSSR count). The number of hydrogen-bond acceptors (Lipinski definition) is 0. The van der Waals surface area contributed by atoms with Gasteiger partial charge in [-0.05, 0) is 30.2 Å². The van der Waals surface area contributed by atoms with Crippen molar-refractivity contribution >= 4 is 15.9 Å². The minimum Gasteiger partial charge on any atom is -0.0683 e. The molecule has 84 valence electrons. The summed E-state index contributed by atoms with van der Waals surface area (Å²) >= 11 is 3.43. The Hall–Kier alpha value is -1.08. The van der Waals surface area contributed by atoms with E-state index in [1.54, 1.807) is 0 Å². The molecule has 0 aliphatic carbocycles. The SMILES string of the molecule is CC.Cc1cccc(-c2ccc(Br)cc2)c1. The summed E-state index contributed by atoms with van der Waals surface area (Å²) in [6.07, 6.45) is 0. The lowest BCUT2D eigenvalue weighted by molar-refractivity contribution is 1.46. The highest BCUT2D eigenvalue weighted by Gasteiger charge is 1.96. The van der Waals surface area contributed by atoms with Crippen LogP contribution in [0, 0.1) is 6.92 Å². The van der Waals surface area contributed by atoms with Crippen LogP contribution in [-0.2, 0) is 0 Å². The van der Waals surface area contributed by atoms with Gasteiger partial charge in [0.2, 0.25) is 0 Å². The zero-order chi connectivity index (χ0) is 12.0. The van der Waals surface area contributed by atoms with Gasteiger partial charge in [0.25, 0.3) is 0 Å². The Kier molecular flexibility index (Phi) is 5.27. The fourth-order valence-electron chi connectivity index (χ4n) is 1.47. The normalized spacial score (nSPS) is 9.25. The molecule has 16 heavy (non-hydrogen) atoms. The maximum Gasteiger partial charge on any atom is 0.0175 e. The van der Waals surface area contributed by atoms with Crippen LogP contribution in [0.1, 0.15) is 19.4 Å². The van der Waals surface area contributed by atoms with Gasteiger partial charge in [-0.3, -0.25) is 0 Å². The maximum absolute atomic E-state index is 3.43. The van der Waals surface area contributed by atoms with E-state index < -0.39 is 0 Å². The topological polar surface area (TPSA) is 0 Å². The summed E-state index contributed by atoms with van der Waals surface area (Å²) in [5.41, 5.74) is 3.83. The van der Waals surface area contributed by atoms with E-state index in [2.05, 4.69) is 71.4 Å². The van der Waals surface area contributed by atoms with Crippen LogP contribution in [0.25, 0.3) is 11.1 Å². The van der Waals surface area contributed by atoms with Gasteiger partial charge in [-0.15, -0.1) is 0 Å². The Morgan fingerprint density at radius 3 is 2.00 bits per heavy atom. The van der Waals surface area contributed by atoms with Gasteiger partial charge in [-0.25, -0.2) is 0 Å². The third-order valence-electron chi connectivity index (χ3n) is 2.20. The van der Waals surface area contributed by atoms with Crippen molar-refractivity contribution in [2.75, 3.05) is 0 Å². The summed E-state index contributed by atoms with van der Waals surface area (Å²) in [7, 11) is 0. The van der Waals surface area contributed by atoms with Crippen LogP contribution in [0.2, 0.25) is 0 Å². The highest BCUT2D eigenvalue weighted by Crippen LogP contribution is 2.22. The molecule has 0 amide bonds. The molecule has 0 unspecified atom stereocenters. The number of rotatable bonds is 1. The van der Waals surface area contributed by atoms with Crippen LogP contribution in [0.4, 0.5) is 0 Å². The first-order chi connectivity index (χ1) is 7.75. The van der Waals surface area contributed by atoms with Gasteiger partial charge in [0, 0.05) is 4.47 Å². The molecule has 0 aliphatic rings. The van der Waals surface area contributed by atoms with Gasteiger partial charge < -0.3 is 0 Å². The van der Waals surface area contributed by atoms with Crippen molar-refractivity contribution in [1.29, 1.82) is 0 Å². The van der Waals surface area contributed by atoms with E-state index in [1.165, 1.54) is 16.7 Å². The molecule has 0 radical (unpaired) electrons. The van der Waals surface area contributed by atoms with Gasteiger partial charge in [-0.1, -0.05) is 71.7 Å². The van der Waals surface area contributed by atoms with Crippen LogP contribution >= 0.6 is 15.9 Å². The lowest BCUT2D eigenvalue weighted by Gasteiger charge is -2.02. The number of hydrogen-bond donors (Lipinski definition) is 0. The summed E-state index contributed by atoms with van der Waals surface area (Å²) in [6.45, 7) is 6.11. The summed E-state index contributed by atoms with van der Waals surface area (Å²) < 4.78 is 1.12. The van der Waals surface area contributed by atoms with E-state index >= 15 is 0 Å². The van der Waals surface area contributed by atoms with E-state index in [-0.39, 0.29) is 0 Å². The molecule has 0 saturated heterocycles. The van der Waals surface area contributed by atoms with E-state index in [4.69, 9.17) is 0 Å². The summed E-state index contributed by atoms with van der Waals surface area (Å²) in [5, 5.41) is 0. The maximum atomic E-state index is 3.43. The molecule has 0 nitrogen and oxygen atoms in total. The van der Waals surface area contributed by atoms with Crippen LogP contribution in [0.3, 0.4) is 0 Å². The Balaban J connectivity index is 0.000000606. The van der Waals surface area contributed by atoms with Crippen molar-refractivity contribution in [3.63, 3.8) is 0 Å². The van der Waals surface area contributed by atoms with Gasteiger partial charge in [0.15, 0.2) is 0 Å². The van der Waals surface area contributed by atoms with Crippen molar-refractivity contribution in [2.45, 2.75) is 20.8 Å². The van der Waals surface area contributed by atoms with E-state index in [0.717, 1.165) is 4.47 Å². The molecule has 0 aliphatic heterocycles. The predicted molar refractivity (Wildman–Crippen MR) is 75.7 cm³/mol. The smallest absolute Gasteiger partial charge is 0.0175 e. The zero-order valence-electron chi connectivity index (χ0n) is 10.00. The Morgan fingerprint density at radius 1 is 0.812 bits per heavy atom.